The van der Waals surface area contributed by atoms with E-state index in [1.54, 1.807) is 25.7 Å². The Balaban J connectivity index is -0.000000170. The summed E-state index contributed by atoms with van der Waals surface area (Å²) in [5.74, 6) is -0.191. The van der Waals surface area contributed by atoms with Crippen molar-refractivity contribution in [3.8, 4) is 0 Å². The number of amides is 5. The molecule has 0 saturated carbocycles. The van der Waals surface area contributed by atoms with Crippen LogP contribution in [0.25, 0.3) is 0 Å². The van der Waals surface area contributed by atoms with Crippen LogP contribution >= 0.6 is 0 Å². The minimum Gasteiger partial charge on any atom is -0.375 e. The first-order valence-corrected chi connectivity index (χ1v) is 16.4. The average Bonchev–Trinajstić information content (AvgIpc) is 3.04. The van der Waals surface area contributed by atoms with E-state index in [1.807, 2.05) is 41.5 Å². The Bertz CT molecular complexity index is 883. The minimum absolute atomic E-state index is 0. The van der Waals surface area contributed by atoms with Gasteiger partial charge in [0.2, 0.25) is 23.6 Å². The second-order valence-corrected chi connectivity index (χ2v) is 11.4. The van der Waals surface area contributed by atoms with Gasteiger partial charge in [-0.15, -0.1) is 0 Å². The maximum absolute atomic E-state index is 11.5. The Labute approximate surface area is 301 Å². The van der Waals surface area contributed by atoms with Crippen LogP contribution in [0.15, 0.2) is 0 Å². The van der Waals surface area contributed by atoms with Crippen molar-refractivity contribution >= 4 is 35.3 Å². The van der Waals surface area contributed by atoms with Gasteiger partial charge in [-0.1, -0.05) is 7.43 Å². The lowest BCUT2D eigenvalue weighted by molar-refractivity contribution is -0.145. The van der Waals surface area contributed by atoms with Gasteiger partial charge >= 0.3 is 0 Å². The van der Waals surface area contributed by atoms with Crippen molar-refractivity contribution in [2.24, 2.45) is 0 Å². The molecule has 0 aromatic carbocycles. The number of likely N-dealkylation sites (tertiary alicyclic amines) is 1. The number of carbonyl (C=O) groups excluding carboxylic acids is 6. The predicted molar refractivity (Wildman–Crippen MR) is 195 cm³/mol. The number of ketones is 1. The highest BCUT2D eigenvalue weighted by Crippen LogP contribution is 2.08. The summed E-state index contributed by atoms with van der Waals surface area (Å²) in [5, 5.41) is 10.6. The van der Waals surface area contributed by atoms with Gasteiger partial charge in [-0.25, -0.2) is 0 Å². The first-order valence-electron chi connectivity index (χ1n) is 16.4. The number of hydrogen-bond acceptors (Lipinski definition) is 11. The molecule has 4 N–H and O–H groups in total. The molecule has 0 aliphatic carbocycles. The summed E-state index contributed by atoms with van der Waals surface area (Å²) in [4.78, 5) is 66.9. The van der Waals surface area contributed by atoms with Gasteiger partial charge in [-0.05, 0) is 68.7 Å². The Hall–Kier alpha value is -3.18. The molecule has 1 saturated heterocycles. The fraction of sp³-hybridized carbons (Fsp3) is 0.824. The van der Waals surface area contributed by atoms with Crippen LogP contribution in [0.3, 0.4) is 0 Å². The Morgan fingerprint density at radius 1 is 0.700 bits per heavy atom. The SMILES string of the molecule is C.CCNC(=O)COC.CCNC(=O)[C@@H](C)OC.CCNC(=O)[C@H](C)OC.COCC(=O)NC(C)(C)C.CO[C@H](C)C(=O)N1CCCC(=O)C1. The van der Waals surface area contributed by atoms with E-state index in [0.29, 0.717) is 32.6 Å². The Morgan fingerprint density at radius 3 is 1.42 bits per heavy atom. The molecule has 1 heterocycles. The van der Waals surface area contributed by atoms with Crippen LogP contribution in [0.1, 0.15) is 82.6 Å². The fourth-order valence-corrected chi connectivity index (χ4v) is 3.20. The van der Waals surface area contributed by atoms with E-state index in [1.165, 1.54) is 35.5 Å². The van der Waals surface area contributed by atoms with Crippen LogP contribution in [0.2, 0.25) is 0 Å². The number of methoxy groups -OCH3 is 5. The number of rotatable bonds is 13. The summed E-state index contributed by atoms with van der Waals surface area (Å²) >= 11 is 0. The minimum atomic E-state index is -0.439. The van der Waals surface area contributed by atoms with Gasteiger partial charge in [0.25, 0.3) is 5.91 Å². The molecule has 16 nitrogen and oxygen atoms in total. The van der Waals surface area contributed by atoms with Crippen LogP contribution in [0.4, 0.5) is 0 Å². The number of likely N-dealkylation sites (N-methyl/N-ethyl adjacent to an activating group) is 3. The molecule has 5 amide bonds. The van der Waals surface area contributed by atoms with Gasteiger partial charge in [0.15, 0.2) is 5.78 Å². The van der Waals surface area contributed by atoms with Crippen molar-refractivity contribution in [1.29, 1.82) is 0 Å². The van der Waals surface area contributed by atoms with Crippen LogP contribution in [0, 0.1) is 0 Å². The average molecular weight is 726 g/mol. The molecule has 0 aromatic heterocycles. The van der Waals surface area contributed by atoms with E-state index >= 15 is 0 Å². The molecular weight excluding hydrogens is 654 g/mol. The second-order valence-electron chi connectivity index (χ2n) is 11.4. The van der Waals surface area contributed by atoms with Crippen LogP contribution in [0.5, 0.6) is 0 Å². The highest BCUT2D eigenvalue weighted by Gasteiger charge is 2.25. The number of carbonyl (C=O) groups is 6. The standard InChI is InChI=1S/C9H15NO3.C7H15NO2.2C6H13NO2.C5H11NO2.CH4/c1-7(13-2)9(12)10-5-3-4-8(11)6-10;1-7(2,3)8-6(9)5-10-4;2*1-4-7-6(8)5(2)9-3;1-3-6-5(7)4-8-2;/h7H,3-6H2,1-2H3;5H2,1-4H3,(H,8,9);2*5H,4H2,1-3H3,(H,7,8);3-4H2,1-2H3,(H,6,7);1H4/t7-;;2*5-;;/m1.10../s1. The fourth-order valence-electron chi connectivity index (χ4n) is 3.20. The van der Waals surface area contributed by atoms with Crippen LogP contribution in [-0.4, -0.2) is 146 Å². The van der Waals surface area contributed by atoms with Gasteiger partial charge in [0, 0.05) is 73.7 Å². The molecule has 0 aromatic rings. The summed E-state index contributed by atoms with van der Waals surface area (Å²) in [5.41, 5.74) is -0.157. The summed E-state index contributed by atoms with van der Waals surface area (Å²) in [7, 11) is 7.52. The highest BCUT2D eigenvalue weighted by atomic mass is 16.5. The van der Waals surface area contributed by atoms with Crippen molar-refractivity contribution in [1.82, 2.24) is 26.2 Å². The van der Waals surface area contributed by atoms with Gasteiger partial charge in [0.05, 0.1) is 6.54 Å². The molecule has 0 radical (unpaired) electrons. The summed E-state index contributed by atoms with van der Waals surface area (Å²) in [6, 6.07) is 0. The zero-order valence-corrected chi connectivity index (χ0v) is 32.5. The first-order chi connectivity index (χ1) is 22.8. The quantitative estimate of drug-likeness (QED) is 0.214. The van der Waals surface area contributed by atoms with Crippen molar-refractivity contribution in [3.63, 3.8) is 0 Å². The van der Waals surface area contributed by atoms with Gasteiger partial charge in [-0.2, -0.15) is 0 Å². The normalized spacial score (nSPS) is 13.5. The van der Waals surface area contributed by atoms with Gasteiger partial charge < -0.3 is 49.9 Å². The highest BCUT2D eigenvalue weighted by molar-refractivity contribution is 5.88. The van der Waals surface area contributed by atoms with Crippen LogP contribution < -0.4 is 21.3 Å². The van der Waals surface area contributed by atoms with Crippen LogP contribution in [-0.2, 0) is 52.5 Å². The number of piperidine rings is 1. The predicted octanol–water partition coefficient (Wildman–Crippen LogP) is 1.48. The number of hydrogen-bond donors (Lipinski definition) is 4. The van der Waals surface area contributed by atoms with Gasteiger partial charge in [-0.3, -0.25) is 28.8 Å². The maximum Gasteiger partial charge on any atom is 0.251 e. The number of nitrogens with zero attached hydrogens (tertiary/aromatic N) is 1. The number of Topliss-reactive ketones (excluding diaryl/α,β-unsaturated/α-hetero) is 1. The smallest absolute Gasteiger partial charge is 0.251 e. The lowest BCUT2D eigenvalue weighted by Gasteiger charge is -2.27. The molecule has 1 fully saturated rings. The van der Waals surface area contributed by atoms with Crippen molar-refractivity contribution in [3.05, 3.63) is 0 Å². The molecule has 3 atom stereocenters. The Morgan fingerprint density at radius 2 is 1.10 bits per heavy atom. The first kappa shape index (κ1) is 56.2. The molecule has 298 valence electrons. The van der Waals surface area contributed by atoms with E-state index in [9.17, 15) is 28.8 Å². The third-order valence-corrected chi connectivity index (χ3v) is 5.85. The molecule has 0 unspecified atom stereocenters. The summed E-state index contributed by atoms with van der Waals surface area (Å²) < 4.78 is 23.6. The third-order valence-electron chi connectivity index (χ3n) is 5.85. The number of ether oxygens (including phenoxy) is 5. The zero-order chi connectivity index (χ0) is 39.0. The van der Waals surface area contributed by atoms with E-state index in [4.69, 9.17) is 14.2 Å². The maximum atomic E-state index is 11.5. The molecular formula is C34H71N5O11. The zero-order valence-electron chi connectivity index (χ0n) is 32.5. The lowest BCUT2D eigenvalue weighted by Crippen LogP contribution is -2.44. The third kappa shape index (κ3) is 36.1. The van der Waals surface area contributed by atoms with E-state index in [-0.39, 0.29) is 80.3 Å². The molecule has 0 bridgehead atoms. The lowest BCUT2D eigenvalue weighted by atomic mass is 10.1. The molecule has 0 spiro atoms. The topological polar surface area (TPSA) is 200 Å². The molecule has 50 heavy (non-hydrogen) atoms. The Kier molecular flexibility index (Phi) is 40.1. The molecule has 1 aliphatic heterocycles. The van der Waals surface area contributed by atoms with Crippen molar-refractivity contribution in [2.45, 2.75) is 106 Å². The second kappa shape index (κ2) is 35.6. The van der Waals surface area contributed by atoms with E-state index < -0.39 is 6.10 Å². The summed E-state index contributed by atoms with van der Waals surface area (Å²) in [6.07, 6.45) is 0.285. The van der Waals surface area contributed by atoms with E-state index in [0.717, 1.165) is 6.42 Å². The molecule has 16 heteroatoms. The van der Waals surface area contributed by atoms with Crippen molar-refractivity contribution < 1.29 is 52.5 Å². The molecule has 1 aliphatic rings. The molecule has 1 rings (SSSR count). The van der Waals surface area contributed by atoms with E-state index in [2.05, 4.69) is 30.7 Å². The number of nitrogens with one attached hydrogen (secondary N) is 4. The summed E-state index contributed by atoms with van der Waals surface area (Å²) in [6.45, 7) is 19.8. The van der Waals surface area contributed by atoms with Gasteiger partial charge in [0.1, 0.15) is 31.5 Å². The largest absolute Gasteiger partial charge is 0.375 e. The van der Waals surface area contributed by atoms with Crippen molar-refractivity contribution in [2.75, 3.05) is 81.5 Å². The monoisotopic (exact) mass is 726 g/mol.